The van der Waals surface area contributed by atoms with Crippen molar-refractivity contribution in [3.8, 4) is 0 Å². The molecule has 0 bridgehead atoms. The number of carbonyl (C=O) groups excluding carboxylic acids is 1. The second-order valence-corrected chi connectivity index (χ2v) is 1.97. The summed E-state index contributed by atoms with van der Waals surface area (Å²) >= 11 is 0. The van der Waals surface area contributed by atoms with E-state index in [4.69, 9.17) is 0 Å². The summed E-state index contributed by atoms with van der Waals surface area (Å²) in [6.07, 6.45) is 0. The molecule has 0 radical (unpaired) electrons. The van der Waals surface area contributed by atoms with E-state index < -0.39 is 16.4 Å². The van der Waals surface area contributed by atoms with Gasteiger partial charge in [0.1, 0.15) is 0 Å². The molecule has 8 heteroatoms. The molecule has 0 aromatic heterocycles. The molecule has 0 rings (SSSR count). The molecule has 0 spiro atoms. The molecule has 52 valence electrons. The Labute approximate surface area is 99.9 Å². The van der Waals surface area contributed by atoms with E-state index in [1.54, 1.807) is 0 Å². The van der Waals surface area contributed by atoms with Crippen LogP contribution in [0.3, 0.4) is 0 Å². The van der Waals surface area contributed by atoms with Crippen molar-refractivity contribution >= 4 is 39.4 Å². The van der Waals surface area contributed by atoms with Crippen molar-refractivity contribution in [2.45, 2.75) is 6.92 Å². The second-order valence-electron chi connectivity index (χ2n) is 0.983. The Kier molecular flexibility index (Phi) is 11.8. The van der Waals surface area contributed by atoms with E-state index in [0.717, 1.165) is 6.92 Å². The van der Waals surface area contributed by atoms with E-state index >= 15 is 0 Å². The maximum atomic E-state index is 9.66. The fourth-order valence-corrected chi connectivity index (χ4v) is 0.431. The third-order valence-corrected chi connectivity index (χ3v) is 0.658. The van der Waals surface area contributed by atoms with Crippen molar-refractivity contribution in [2.75, 3.05) is 0 Å². The predicted octanol–water partition coefficient (Wildman–Crippen LogP) is -4.14. The van der Waals surface area contributed by atoms with Crippen LogP contribution in [0, 0.1) is 0 Å². The maximum absolute atomic E-state index is 9.66. The van der Waals surface area contributed by atoms with Gasteiger partial charge < -0.3 is 11.6 Å². The molecule has 0 aliphatic heterocycles. The van der Waals surface area contributed by atoms with Gasteiger partial charge in [-0.3, -0.25) is 4.79 Å². The predicted molar refractivity (Wildman–Crippen MR) is 29.4 cm³/mol. The van der Waals surface area contributed by atoms with Gasteiger partial charge in [-0.1, -0.05) is 0 Å². The zero-order valence-corrected chi connectivity index (χ0v) is 9.89. The molecule has 0 aliphatic carbocycles. The first-order valence-corrected chi connectivity index (χ1v) is 2.91. The first-order valence-electron chi connectivity index (χ1n) is 1.57. The normalized spacial score (nSPS) is 8.60. The fourth-order valence-electron chi connectivity index (χ4n) is 0.144. The molecule has 0 N–H and O–H groups in total. The molecular formula is C2H5MgNaO5S. The van der Waals surface area contributed by atoms with Gasteiger partial charge in [-0.05, 0) is 0 Å². The molecule has 0 aromatic rings. The first kappa shape index (κ1) is 17.3. The van der Waals surface area contributed by atoms with Crippen LogP contribution in [-0.4, -0.2) is 42.0 Å². The average Bonchev–Trinajstić information content (AvgIpc) is 1.21. The Bertz CT molecular complexity index is 194. The van der Waals surface area contributed by atoms with Crippen LogP contribution >= 0.6 is 0 Å². The van der Waals surface area contributed by atoms with Crippen LogP contribution < -0.4 is 29.6 Å². The monoisotopic (exact) mass is 188 g/mol. The van der Waals surface area contributed by atoms with Gasteiger partial charge in [-0.25, -0.2) is 8.42 Å². The van der Waals surface area contributed by atoms with Crippen LogP contribution in [0.15, 0.2) is 0 Å². The van der Waals surface area contributed by atoms with Gasteiger partial charge in [-0.2, -0.15) is 0 Å². The largest absolute Gasteiger partial charge is 2.00 e. The second kappa shape index (κ2) is 6.83. The molecule has 0 saturated carbocycles. The van der Waals surface area contributed by atoms with Gasteiger partial charge in [0.25, 0.3) is 10.4 Å². The number of carbonyl (C=O) groups is 1. The van der Waals surface area contributed by atoms with E-state index in [2.05, 4.69) is 4.18 Å². The van der Waals surface area contributed by atoms with E-state index in [-0.39, 0.29) is 55.5 Å². The molecule has 5 nitrogen and oxygen atoms in total. The van der Waals surface area contributed by atoms with Crippen molar-refractivity contribution in [1.29, 1.82) is 0 Å². The molecular weight excluding hydrogens is 183 g/mol. The minimum absolute atomic E-state index is 0. The third-order valence-electron chi connectivity index (χ3n) is 0.219. The zero-order valence-electron chi connectivity index (χ0n) is 7.66. The number of hydrogen-bond donors (Lipinski definition) is 0. The molecule has 0 saturated heterocycles. The Morgan fingerprint density at radius 3 is 1.90 bits per heavy atom. The third kappa shape index (κ3) is 16.1. The molecule has 10 heavy (non-hydrogen) atoms. The molecule has 0 fully saturated rings. The van der Waals surface area contributed by atoms with Gasteiger partial charge in [0.15, 0.2) is 0 Å². The summed E-state index contributed by atoms with van der Waals surface area (Å²) in [6, 6.07) is 0. The SMILES string of the molecule is CC(=O)OS(=O)(=O)[O-].[H-].[H-].[Mg+2].[Na+]. The van der Waals surface area contributed by atoms with Crippen LogP contribution in [0.25, 0.3) is 0 Å². The van der Waals surface area contributed by atoms with Gasteiger partial charge in [0.05, 0.1) is 0 Å². The minimum Gasteiger partial charge on any atom is -1.00 e. The first-order chi connectivity index (χ1) is 3.42. The van der Waals surface area contributed by atoms with E-state index in [0.29, 0.717) is 0 Å². The fraction of sp³-hybridized carbons (Fsp3) is 0.500. The molecule has 0 heterocycles. The van der Waals surface area contributed by atoms with Crippen molar-refractivity contribution in [3.05, 3.63) is 0 Å². The van der Waals surface area contributed by atoms with Gasteiger partial charge >= 0.3 is 58.6 Å². The summed E-state index contributed by atoms with van der Waals surface area (Å²) in [6.45, 7) is 0.829. The Hall–Kier alpha value is 1.15. The maximum Gasteiger partial charge on any atom is 2.00 e. The molecule has 0 atom stereocenters. The van der Waals surface area contributed by atoms with E-state index in [1.807, 2.05) is 0 Å². The van der Waals surface area contributed by atoms with Crippen LogP contribution in [0.5, 0.6) is 0 Å². The van der Waals surface area contributed by atoms with E-state index in [1.165, 1.54) is 0 Å². The number of rotatable bonds is 1. The minimum atomic E-state index is -4.82. The molecule has 0 aromatic carbocycles. The summed E-state index contributed by atoms with van der Waals surface area (Å²) < 4.78 is 31.5. The van der Waals surface area contributed by atoms with Gasteiger partial charge in [0.2, 0.25) is 0 Å². The summed E-state index contributed by atoms with van der Waals surface area (Å²) in [5.74, 6) is -1.13. The molecule has 0 unspecified atom stereocenters. The van der Waals surface area contributed by atoms with Gasteiger partial charge in [0, 0.05) is 6.92 Å². The number of hydrogen-bond acceptors (Lipinski definition) is 5. The summed E-state index contributed by atoms with van der Waals surface area (Å²) in [5.41, 5.74) is 0. The van der Waals surface area contributed by atoms with Crippen LogP contribution in [0.4, 0.5) is 0 Å². The van der Waals surface area contributed by atoms with Crippen molar-refractivity contribution < 1.29 is 54.4 Å². The topological polar surface area (TPSA) is 83.5 Å². The summed E-state index contributed by atoms with van der Waals surface area (Å²) in [4.78, 5) is 9.66. The van der Waals surface area contributed by atoms with Crippen LogP contribution in [0.1, 0.15) is 9.78 Å². The zero-order chi connectivity index (χ0) is 6.78. The smallest absolute Gasteiger partial charge is 1.00 e. The molecule has 0 amide bonds. The summed E-state index contributed by atoms with van der Waals surface area (Å²) in [7, 11) is -4.82. The van der Waals surface area contributed by atoms with E-state index in [9.17, 15) is 17.8 Å². The van der Waals surface area contributed by atoms with Crippen molar-refractivity contribution in [1.82, 2.24) is 0 Å². The van der Waals surface area contributed by atoms with Gasteiger partial charge in [-0.15, -0.1) is 0 Å². The average molecular weight is 188 g/mol. The quantitative estimate of drug-likeness (QED) is 0.237. The summed E-state index contributed by atoms with van der Waals surface area (Å²) in [5, 5.41) is 0. The Balaban J connectivity index is -0.0000000408. The Morgan fingerprint density at radius 1 is 1.60 bits per heavy atom. The van der Waals surface area contributed by atoms with Crippen molar-refractivity contribution in [3.63, 3.8) is 0 Å². The standard InChI is InChI=1S/C2H4O5S.Mg.Na.2H/c1-2(3)7-8(4,5)6;;;;/h1H3,(H,4,5,6);;;;/q;+2;+1;2*-1/p-1. The Morgan fingerprint density at radius 2 is 1.90 bits per heavy atom. The van der Waals surface area contributed by atoms with Crippen molar-refractivity contribution in [2.24, 2.45) is 0 Å². The van der Waals surface area contributed by atoms with Crippen LogP contribution in [-0.2, 0) is 19.4 Å². The van der Waals surface area contributed by atoms with Crippen LogP contribution in [0.2, 0.25) is 0 Å². The molecule has 0 aliphatic rings.